The lowest BCUT2D eigenvalue weighted by Crippen LogP contribution is -2.13. The number of aryl methyl sites for hydroxylation is 2. The van der Waals surface area contributed by atoms with Gasteiger partial charge in [-0.3, -0.25) is 9.78 Å². The zero-order valence-electron chi connectivity index (χ0n) is 16.1. The SMILES string of the molecule is Cc1ccccc1NC(=O)CCc1nc(CSc2nnc(-c3ccncc3)o2)no1. The Labute approximate surface area is 176 Å². The Morgan fingerprint density at radius 3 is 2.80 bits per heavy atom. The van der Waals surface area contributed by atoms with E-state index >= 15 is 0 Å². The summed E-state index contributed by atoms with van der Waals surface area (Å²) in [6, 6.07) is 11.2. The second-order valence-corrected chi connectivity index (χ2v) is 7.29. The number of pyridine rings is 1. The molecular weight excluding hydrogens is 404 g/mol. The minimum absolute atomic E-state index is 0.104. The van der Waals surface area contributed by atoms with Gasteiger partial charge in [-0.1, -0.05) is 35.1 Å². The van der Waals surface area contributed by atoms with Gasteiger partial charge in [0.2, 0.25) is 17.7 Å². The van der Waals surface area contributed by atoms with Crippen molar-refractivity contribution in [2.75, 3.05) is 5.32 Å². The summed E-state index contributed by atoms with van der Waals surface area (Å²) in [7, 11) is 0. The molecule has 4 aromatic rings. The lowest BCUT2D eigenvalue weighted by Gasteiger charge is -2.06. The van der Waals surface area contributed by atoms with Crippen molar-refractivity contribution < 1.29 is 13.7 Å². The van der Waals surface area contributed by atoms with Crippen LogP contribution in [0.25, 0.3) is 11.5 Å². The van der Waals surface area contributed by atoms with Gasteiger partial charge in [0, 0.05) is 36.5 Å². The maximum Gasteiger partial charge on any atom is 0.277 e. The topological polar surface area (TPSA) is 120 Å². The van der Waals surface area contributed by atoms with E-state index in [1.807, 2.05) is 31.2 Å². The van der Waals surface area contributed by atoms with Crippen LogP contribution in [0.15, 0.2) is 63.0 Å². The van der Waals surface area contributed by atoms with E-state index < -0.39 is 0 Å². The summed E-state index contributed by atoms with van der Waals surface area (Å²) < 4.78 is 10.8. The average Bonchev–Trinajstić information content (AvgIpc) is 3.43. The molecule has 1 N–H and O–H groups in total. The van der Waals surface area contributed by atoms with E-state index in [-0.39, 0.29) is 12.3 Å². The van der Waals surface area contributed by atoms with Crippen molar-refractivity contribution in [3.63, 3.8) is 0 Å². The zero-order valence-corrected chi connectivity index (χ0v) is 16.9. The molecule has 3 heterocycles. The van der Waals surface area contributed by atoms with Gasteiger partial charge in [0.15, 0.2) is 5.82 Å². The van der Waals surface area contributed by atoms with Crippen LogP contribution in [0.3, 0.4) is 0 Å². The number of carbonyl (C=O) groups excluding carboxylic acids is 1. The number of para-hydroxylation sites is 1. The first kappa shape index (κ1) is 19.8. The molecule has 10 heteroatoms. The van der Waals surface area contributed by atoms with E-state index in [0.717, 1.165) is 16.8 Å². The molecule has 9 nitrogen and oxygen atoms in total. The molecule has 30 heavy (non-hydrogen) atoms. The first-order valence-corrected chi connectivity index (χ1v) is 10.2. The van der Waals surface area contributed by atoms with Crippen LogP contribution >= 0.6 is 11.8 Å². The highest BCUT2D eigenvalue weighted by Crippen LogP contribution is 2.24. The fourth-order valence-corrected chi connectivity index (χ4v) is 3.21. The molecule has 0 aliphatic carbocycles. The fourth-order valence-electron chi connectivity index (χ4n) is 2.60. The van der Waals surface area contributed by atoms with Gasteiger partial charge in [-0.15, -0.1) is 10.2 Å². The molecule has 152 valence electrons. The first-order valence-electron chi connectivity index (χ1n) is 9.21. The van der Waals surface area contributed by atoms with Gasteiger partial charge in [0.05, 0.1) is 5.75 Å². The summed E-state index contributed by atoms with van der Waals surface area (Å²) in [6.07, 6.45) is 3.94. The van der Waals surface area contributed by atoms with Crippen molar-refractivity contribution in [2.45, 2.75) is 30.7 Å². The number of amides is 1. The normalized spacial score (nSPS) is 10.8. The number of benzene rings is 1. The summed E-state index contributed by atoms with van der Waals surface area (Å²) in [5.41, 5.74) is 2.61. The molecule has 0 aliphatic heterocycles. The van der Waals surface area contributed by atoms with Crippen LogP contribution in [0, 0.1) is 6.92 Å². The van der Waals surface area contributed by atoms with Crippen molar-refractivity contribution in [3.8, 4) is 11.5 Å². The molecule has 4 rings (SSSR count). The third-order valence-electron chi connectivity index (χ3n) is 4.15. The van der Waals surface area contributed by atoms with E-state index in [2.05, 4.69) is 30.6 Å². The molecule has 0 atom stereocenters. The predicted octanol–water partition coefficient (Wildman–Crippen LogP) is 3.69. The maximum atomic E-state index is 12.1. The molecular formula is C20H18N6O3S. The van der Waals surface area contributed by atoms with Crippen LogP contribution in [0.5, 0.6) is 0 Å². The second kappa shape index (κ2) is 9.31. The van der Waals surface area contributed by atoms with Crippen LogP contribution in [0.1, 0.15) is 23.7 Å². The molecule has 1 aromatic carbocycles. The van der Waals surface area contributed by atoms with Gasteiger partial charge in [-0.2, -0.15) is 4.98 Å². The van der Waals surface area contributed by atoms with Gasteiger partial charge in [0.1, 0.15) is 0 Å². The van der Waals surface area contributed by atoms with Crippen molar-refractivity contribution in [1.29, 1.82) is 0 Å². The number of rotatable bonds is 8. The molecule has 0 aliphatic rings. The molecule has 0 saturated heterocycles. The average molecular weight is 422 g/mol. The highest BCUT2D eigenvalue weighted by atomic mass is 32.2. The van der Waals surface area contributed by atoms with Crippen LogP contribution in [0.4, 0.5) is 5.69 Å². The van der Waals surface area contributed by atoms with E-state index in [9.17, 15) is 4.79 Å². The van der Waals surface area contributed by atoms with Crippen molar-refractivity contribution in [3.05, 3.63) is 66.1 Å². The lowest BCUT2D eigenvalue weighted by atomic mass is 10.2. The highest BCUT2D eigenvalue weighted by Gasteiger charge is 2.13. The van der Waals surface area contributed by atoms with Gasteiger partial charge in [-0.05, 0) is 30.7 Å². The number of nitrogens with zero attached hydrogens (tertiary/aromatic N) is 5. The quantitative estimate of drug-likeness (QED) is 0.424. The number of hydrogen-bond acceptors (Lipinski definition) is 9. The number of nitrogens with one attached hydrogen (secondary N) is 1. The van der Waals surface area contributed by atoms with Gasteiger partial charge >= 0.3 is 0 Å². The summed E-state index contributed by atoms with van der Waals surface area (Å²) in [5, 5.41) is 15.3. The molecule has 0 saturated carbocycles. The Bertz CT molecular complexity index is 1130. The highest BCUT2D eigenvalue weighted by molar-refractivity contribution is 7.98. The molecule has 0 fully saturated rings. The standard InChI is InChI=1S/C20H18N6O3S/c1-13-4-2-3-5-15(13)22-17(27)6-7-18-23-16(26-29-18)12-30-20-25-24-19(28-20)14-8-10-21-11-9-14/h2-5,8-11H,6-7,12H2,1H3,(H,22,27). The predicted molar refractivity (Wildman–Crippen MR) is 110 cm³/mol. The molecule has 0 spiro atoms. The van der Waals surface area contributed by atoms with Crippen molar-refractivity contribution in [1.82, 2.24) is 25.3 Å². The monoisotopic (exact) mass is 422 g/mol. The minimum atomic E-state index is -0.104. The number of carbonyl (C=O) groups is 1. The molecule has 3 aromatic heterocycles. The van der Waals surface area contributed by atoms with Crippen molar-refractivity contribution in [2.24, 2.45) is 0 Å². The zero-order chi connectivity index (χ0) is 20.8. The summed E-state index contributed by atoms with van der Waals surface area (Å²) in [4.78, 5) is 20.4. The van der Waals surface area contributed by atoms with Crippen molar-refractivity contribution >= 4 is 23.4 Å². The van der Waals surface area contributed by atoms with Crippen LogP contribution in [-0.2, 0) is 17.0 Å². The summed E-state index contributed by atoms with van der Waals surface area (Å²) >= 11 is 1.31. The van der Waals surface area contributed by atoms with E-state index in [1.165, 1.54) is 11.8 Å². The Balaban J connectivity index is 1.26. The molecule has 1 amide bonds. The third-order valence-corrected chi connectivity index (χ3v) is 4.97. The van der Waals surface area contributed by atoms with Gasteiger partial charge < -0.3 is 14.3 Å². The number of hydrogen-bond donors (Lipinski definition) is 1. The van der Waals surface area contributed by atoms with E-state index in [0.29, 0.717) is 35.0 Å². The van der Waals surface area contributed by atoms with Crippen LogP contribution in [-0.4, -0.2) is 31.2 Å². The van der Waals surface area contributed by atoms with Crippen LogP contribution in [0.2, 0.25) is 0 Å². The summed E-state index contributed by atoms with van der Waals surface area (Å²) in [6.45, 7) is 1.95. The Morgan fingerprint density at radius 1 is 1.13 bits per heavy atom. The van der Waals surface area contributed by atoms with Gasteiger partial charge in [0.25, 0.3) is 5.22 Å². The molecule has 0 bridgehead atoms. The number of thioether (sulfide) groups is 1. The van der Waals surface area contributed by atoms with E-state index in [4.69, 9.17) is 8.94 Å². The van der Waals surface area contributed by atoms with Crippen LogP contribution < -0.4 is 5.32 Å². The first-order chi connectivity index (χ1) is 14.7. The fraction of sp³-hybridized carbons (Fsp3) is 0.200. The number of aromatic nitrogens is 5. The summed E-state index contributed by atoms with van der Waals surface area (Å²) in [5.74, 6) is 1.64. The molecule has 0 unspecified atom stereocenters. The largest absolute Gasteiger partial charge is 0.411 e. The minimum Gasteiger partial charge on any atom is -0.411 e. The van der Waals surface area contributed by atoms with E-state index in [1.54, 1.807) is 24.5 Å². The Morgan fingerprint density at radius 2 is 1.97 bits per heavy atom. The Kier molecular flexibility index (Phi) is 6.14. The second-order valence-electron chi connectivity index (χ2n) is 6.37. The van der Waals surface area contributed by atoms with Gasteiger partial charge in [-0.25, -0.2) is 0 Å². The number of anilines is 1. The Hall–Kier alpha value is -3.53. The smallest absolute Gasteiger partial charge is 0.277 e. The maximum absolute atomic E-state index is 12.1. The lowest BCUT2D eigenvalue weighted by molar-refractivity contribution is -0.116. The third kappa shape index (κ3) is 5.09. The molecule has 0 radical (unpaired) electrons.